The number of nitrogens with zero attached hydrogens (tertiary/aromatic N) is 2. The summed E-state index contributed by atoms with van der Waals surface area (Å²) in [6.45, 7) is 0.470. The van der Waals surface area contributed by atoms with Gasteiger partial charge in [0.25, 0.3) is 5.91 Å². The molecule has 4 rings (SSSR count). The lowest BCUT2D eigenvalue weighted by atomic mass is 10.2. The lowest BCUT2D eigenvalue weighted by molar-refractivity contribution is -0.117. The number of aromatic amines is 1. The summed E-state index contributed by atoms with van der Waals surface area (Å²) >= 11 is 0. The number of nitrogens with one attached hydrogen (secondary N) is 2. The topological polar surface area (TPSA) is 95.2 Å². The molecule has 2 heterocycles. The van der Waals surface area contributed by atoms with Gasteiger partial charge in [-0.1, -0.05) is 12.1 Å². The Morgan fingerprint density at radius 1 is 1.19 bits per heavy atom. The summed E-state index contributed by atoms with van der Waals surface area (Å²) in [4.78, 5) is 38.0. The Labute approximate surface area is 152 Å². The highest BCUT2D eigenvalue weighted by molar-refractivity contribution is 6.04. The predicted octanol–water partition coefficient (Wildman–Crippen LogP) is 2.44. The molecule has 1 aliphatic rings. The number of rotatable bonds is 3. The van der Waals surface area contributed by atoms with Gasteiger partial charge in [0.1, 0.15) is 5.82 Å². The minimum absolute atomic E-state index is 0.127. The molecule has 8 heteroatoms. The summed E-state index contributed by atoms with van der Waals surface area (Å²) in [7, 11) is 0. The largest absolute Gasteiger partial charge is 0.320 e. The Bertz CT molecular complexity index is 1130. The number of halogens is 1. The van der Waals surface area contributed by atoms with Gasteiger partial charge in [0.05, 0.1) is 11.2 Å². The van der Waals surface area contributed by atoms with E-state index < -0.39 is 17.2 Å². The highest BCUT2D eigenvalue weighted by Crippen LogP contribution is 2.26. The molecule has 0 bridgehead atoms. The van der Waals surface area contributed by atoms with Crippen molar-refractivity contribution in [2.24, 2.45) is 0 Å². The second kappa shape index (κ2) is 6.64. The third-order valence-corrected chi connectivity index (χ3v) is 4.46. The SMILES string of the molecule is O=C(Nc1ccc(N2CCCC2=O)c(F)c1)c1n[nH]c2ccccc2c1=O. The number of anilines is 2. The van der Waals surface area contributed by atoms with Gasteiger partial charge in [-0.25, -0.2) is 4.39 Å². The van der Waals surface area contributed by atoms with Crippen molar-refractivity contribution in [3.05, 3.63) is 64.2 Å². The van der Waals surface area contributed by atoms with Crippen LogP contribution in [0.4, 0.5) is 15.8 Å². The fourth-order valence-corrected chi connectivity index (χ4v) is 3.12. The number of para-hydroxylation sites is 1. The molecule has 0 unspecified atom stereocenters. The zero-order valence-corrected chi connectivity index (χ0v) is 14.2. The van der Waals surface area contributed by atoms with Crippen LogP contribution >= 0.6 is 0 Å². The minimum Gasteiger partial charge on any atom is -0.320 e. The number of benzene rings is 2. The van der Waals surface area contributed by atoms with E-state index in [0.29, 0.717) is 30.3 Å². The van der Waals surface area contributed by atoms with Gasteiger partial charge in [0.2, 0.25) is 11.3 Å². The van der Waals surface area contributed by atoms with Crippen molar-refractivity contribution in [1.29, 1.82) is 0 Å². The summed E-state index contributed by atoms with van der Waals surface area (Å²) in [5.74, 6) is -1.49. The quantitative estimate of drug-likeness (QED) is 0.744. The smallest absolute Gasteiger partial charge is 0.280 e. The first kappa shape index (κ1) is 16.9. The first-order chi connectivity index (χ1) is 13.0. The molecular formula is C19H15FN4O3. The van der Waals surface area contributed by atoms with Crippen LogP contribution in [0.5, 0.6) is 0 Å². The van der Waals surface area contributed by atoms with E-state index in [-0.39, 0.29) is 23.0 Å². The van der Waals surface area contributed by atoms with Crippen LogP contribution < -0.4 is 15.6 Å². The van der Waals surface area contributed by atoms with E-state index in [2.05, 4.69) is 15.5 Å². The second-order valence-corrected chi connectivity index (χ2v) is 6.22. The molecule has 0 atom stereocenters. The molecule has 1 aromatic heterocycles. The van der Waals surface area contributed by atoms with Crippen LogP contribution in [0.25, 0.3) is 10.9 Å². The standard InChI is InChI=1S/C19H15FN4O3/c20-13-10-11(7-8-15(13)24-9-3-6-16(24)25)21-19(27)17-18(26)12-4-1-2-5-14(12)22-23-17/h1-2,4-5,7-8,10H,3,6,9H2,(H,21,27)(H,22,26). The number of carbonyl (C=O) groups excluding carboxylic acids is 2. The average molecular weight is 366 g/mol. The van der Waals surface area contributed by atoms with E-state index in [4.69, 9.17) is 0 Å². The van der Waals surface area contributed by atoms with Crippen LogP contribution in [0.15, 0.2) is 47.3 Å². The fraction of sp³-hybridized carbons (Fsp3) is 0.158. The molecule has 2 amide bonds. The van der Waals surface area contributed by atoms with Crippen molar-refractivity contribution < 1.29 is 14.0 Å². The number of amides is 2. The van der Waals surface area contributed by atoms with Crippen molar-refractivity contribution in [2.75, 3.05) is 16.8 Å². The Balaban J connectivity index is 1.60. The van der Waals surface area contributed by atoms with Crippen LogP contribution in [-0.2, 0) is 4.79 Å². The number of hydrogen-bond acceptors (Lipinski definition) is 4. The second-order valence-electron chi connectivity index (χ2n) is 6.22. The van der Waals surface area contributed by atoms with E-state index in [9.17, 15) is 18.8 Å². The minimum atomic E-state index is -0.744. The average Bonchev–Trinajstić information content (AvgIpc) is 3.08. The van der Waals surface area contributed by atoms with Crippen LogP contribution in [0.3, 0.4) is 0 Å². The molecule has 0 aliphatic carbocycles. The Kier molecular flexibility index (Phi) is 4.15. The number of H-pyrrole nitrogens is 1. The summed E-state index contributed by atoms with van der Waals surface area (Å²) in [6, 6.07) is 10.7. The van der Waals surface area contributed by atoms with Crippen molar-refractivity contribution >= 4 is 34.1 Å². The number of hydrogen-bond donors (Lipinski definition) is 2. The van der Waals surface area contributed by atoms with E-state index in [1.165, 1.54) is 17.0 Å². The maximum atomic E-state index is 14.4. The molecule has 2 N–H and O–H groups in total. The van der Waals surface area contributed by atoms with Gasteiger partial charge in [-0.15, -0.1) is 0 Å². The van der Waals surface area contributed by atoms with Crippen LogP contribution in [0, 0.1) is 5.82 Å². The maximum Gasteiger partial charge on any atom is 0.280 e. The molecule has 1 aliphatic heterocycles. The number of carbonyl (C=O) groups is 2. The van der Waals surface area contributed by atoms with Crippen molar-refractivity contribution in [2.45, 2.75) is 12.8 Å². The van der Waals surface area contributed by atoms with Crippen LogP contribution in [-0.4, -0.2) is 28.6 Å². The van der Waals surface area contributed by atoms with Crippen LogP contribution in [0.1, 0.15) is 23.3 Å². The van der Waals surface area contributed by atoms with Gasteiger partial charge in [0, 0.05) is 24.0 Å². The number of aromatic nitrogens is 2. The number of fused-ring (bicyclic) bond motifs is 1. The van der Waals surface area contributed by atoms with Crippen molar-refractivity contribution in [3.8, 4) is 0 Å². The summed E-state index contributed by atoms with van der Waals surface area (Å²) in [5, 5.41) is 9.29. The summed E-state index contributed by atoms with van der Waals surface area (Å²) in [6.07, 6.45) is 1.08. The van der Waals surface area contributed by atoms with Crippen molar-refractivity contribution in [1.82, 2.24) is 10.2 Å². The summed E-state index contributed by atoms with van der Waals surface area (Å²) < 4.78 is 14.4. The molecule has 0 saturated carbocycles. The molecule has 1 fully saturated rings. The molecule has 0 spiro atoms. The lowest BCUT2D eigenvalue weighted by Crippen LogP contribution is -2.25. The third-order valence-electron chi connectivity index (χ3n) is 4.46. The molecule has 3 aromatic rings. The normalized spacial score (nSPS) is 14.0. The molecule has 7 nitrogen and oxygen atoms in total. The zero-order valence-electron chi connectivity index (χ0n) is 14.2. The maximum absolute atomic E-state index is 14.4. The van der Waals surface area contributed by atoms with Gasteiger partial charge in [0.15, 0.2) is 5.69 Å². The summed E-state index contributed by atoms with van der Waals surface area (Å²) in [5.41, 5.74) is 0.0404. The van der Waals surface area contributed by atoms with Gasteiger partial charge in [-0.05, 0) is 36.8 Å². The van der Waals surface area contributed by atoms with E-state index in [1.54, 1.807) is 24.3 Å². The molecular weight excluding hydrogens is 351 g/mol. The Morgan fingerprint density at radius 2 is 2.00 bits per heavy atom. The van der Waals surface area contributed by atoms with Gasteiger partial charge in [-0.2, -0.15) is 5.10 Å². The fourth-order valence-electron chi connectivity index (χ4n) is 3.12. The monoisotopic (exact) mass is 366 g/mol. The lowest BCUT2D eigenvalue weighted by Gasteiger charge is -2.17. The van der Waals surface area contributed by atoms with Gasteiger partial charge in [-0.3, -0.25) is 19.5 Å². The first-order valence-electron chi connectivity index (χ1n) is 8.43. The predicted molar refractivity (Wildman–Crippen MR) is 98.3 cm³/mol. The highest BCUT2D eigenvalue weighted by atomic mass is 19.1. The van der Waals surface area contributed by atoms with E-state index in [1.807, 2.05) is 0 Å². The molecule has 1 saturated heterocycles. The van der Waals surface area contributed by atoms with E-state index in [0.717, 1.165) is 6.07 Å². The highest BCUT2D eigenvalue weighted by Gasteiger charge is 2.24. The van der Waals surface area contributed by atoms with Crippen molar-refractivity contribution in [3.63, 3.8) is 0 Å². The van der Waals surface area contributed by atoms with Crippen LogP contribution in [0.2, 0.25) is 0 Å². The van der Waals surface area contributed by atoms with Gasteiger partial charge >= 0.3 is 0 Å². The molecule has 27 heavy (non-hydrogen) atoms. The molecule has 136 valence electrons. The first-order valence-corrected chi connectivity index (χ1v) is 8.43. The van der Waals surface area contributed by atoms with Gasteiger partial charge < -0.3 is 10.2 Å². The molecule has 2 aromatic carbocycles. The Hall–Kier alpha value is -3.55. The molecule has 0 radical (unpaired) electrons. The van der Waals surface area contributed by atoms with E-state index >= 15 is 0 Å². The zero-order chi connectivity index (χ0) is 19.0. The third kappa shape index (κ3) is 3.05. The Morgan fingerprint density at radius 3 is 2.74 bits per heavy atom.